The molecule has 20 N–H and O–H groups in total. The molecule has 0 bridgehead atoms. The van der Waals surface area contributed by atoms with E-state index >= 15 is 0 Å². The third-order valence-electron chi connectivity index (χ3n) is 22.0. The molecule has 0 unspecified atom stereocenters. The Bertz CT molecular complexity index is 5230. The van der Waals surface area contributed by atoms with Crippen molar-refractivity contribution in [1.29, 1.82) is 0 Å². The first-order valence-corrected chi connectivity index (χ1v) is 43.8. The highest BCUT2D eigenvalue weighted by molar-refractivity contribution is 6.31. The molecule has 124 heavy (non-hydrogen) atoms. The molecule has 0 aromatic carbocycles. The molecule has 0 saturated carbocycles. The fraction of sp³-hybridized carbons (Fsp3) is 0.528. The van der Waals surface area contributed by atoms with E-state index in [1.807, 2.05) is 50.2 Å². The summed E-state index contributed by atoms with van der Waals surface area (Å²) in [6.07, 6.45) is 33.5. The maximum Gasteiger partial charge on any atom is 0.222 e. The molecule has 0 fully saturated rings. The monoisotopic (exact) mass is 1730 g/mol. The molecule has 0 radical (unpaired) electrons. The number of pyridine rings is 6. The normalized spacial score (nSPS) is 14.1. The minimum atomic E-state index is -0.543. The van der Waals surface area contributed by atoms with Gasteiger partial charge < -0.3 is 76.5 Å². The molecule has 32 nitrogen and oxygen atoms in total. The summed E-state index contributed by atoms with van der Waals surface area (Å²) in [5.41, 5.74) is 41.0. The molecule has 12 aromatic rings. The molecule has 35 heteroatoms. The largest absolute Gasteiger partial charge is 0.394 e. The third kappa shape index (κ3) is 29.7. The summed E-state index contributed by atoms with van der Waals surface area (Å²) in [5.74, 6) is 3.90. The predicted octanol–water partition coefficient (Wildman–Crippen LogP) is 18.8. The van der Waals surface area contributed by atoms with Gasteiger partial charge >= 0.3 is 0 Å². The van der Waals surface area contributed by atoms with E-state index in [9.17, 15) is 19.0 Å². The lowest BCUT2D eigenvalue weighted by Crippen LogP contribution is -2.39. The van der Waals surface area contributed by atoms with Crippen molar-refractivity contribution in [3.05, 3.63) is 108 Å². The Morgan fingerprint density at radius 1 is 0.298 bits per heavy atom. The summed E-state index contributed by atoms with van der Waals surface area (Å²) >= 11 is 5.97. The van der Waals surface area contributed by atoms with Crippen LogP contribution in [0.3, 0.4) is 0 Å². The average molecular weight is 1730 g/mol. The van der Waals surface area contributed by atoms with E-state index in [1.165, 1.54) is 31.2 Å². The number of nitrogens with two attached hydrogens (primary N) is 6. The molecule has 12 rings (SSSR count). The first-order chi connectivity index (χ1) is 59.1. The number of rotatable bonds is 37. The van der Waals surface area contributed by atoms with E-state index < -0.39 is 22.7 Å². The molecule has 0 aliphatic carbocycles. The van der Waals surface area contributed by atoms with E-state index in [0.717, 1.165) is 175 Å². The molecular formula is C89H133ClF2N30O2. The van der Waals surface area contributed by atoms with Gasteiger partial charge in [0, 0.05) is 59.1 Å². The van der Waals surface area contributed by atoms with Crippen molar-refractivity contribution in [3.63, 3.8) is 0 Å². The zero-order valence-electron chi connectivity index (χ0n) is 75.4. The first-order valence-electron chi connectivity index (χ1n) is 43.5. The molecule has 0 spiro atoms. The Labute approximate surface area is 733 Å². The van der Waals surface area contributed by atoms with Crippen LogP contribution in [0, 0.1) is 11.6 Å². The lowest BCUT2D eigenvalue weighted by molar-refractivity contribution is 0.211. The van der Waals surface area contributed by atoms with Crippen molar-refractivity contribution >= 4 is 148 Å². The van der Waals surface area contributed by atoms with Crippen LogP contribution in [0.4, 0.5) is 79.4 Å². The minimum Gasteiger partial charge on any atom is -0.394 e. The number of fused-ring (bicyclic) bond motifs is 6. The predicted molar refractivity (Wildman–Crippen MR) is 505 cm³/mol. The van der Waals surface area contributed by atoms with Crippen LogP contribution < -0.4 is 66.3 Å². The lowest BCUT2D eigenvalue weighted by atomic mass is 9.92. The van der Waals surface area contributed by atoms with Gasteiger partial charge in [-0.25, -0.2) is 53.6 Å². The van der Waals surface area contributed by atoms with Crippen LogP contribution in [0.5, 0.6) is 0 Å². The molecule has 6 atom stereocenters. The Balaban J connectivity index is 0.000000205. The second kappa shape index (κ2) is 47.5. The number of halogens is 3. The Hall–Kier alpha value is -11.4. The number of hydrogen-bond donors (Lipinski definition) is 14. The molecule has 672 valence electrons. The van der Waals surface area contributed by atoms with Crippen LogP contribution in [-0.4, -0.2) is 146 Å². The minimum absolute atomic E-state index is 0.00000520. The van der Waals surface area contributed by atoms with Crippen molar-refractivity contribution < 1.29 is 19.0 Å². The Morgan fingerprint density at radius 2 is 0.540 bits per heavy atom. The van der Waals surface area contributed by atoms with Crippen LogP contribution in [-0.2, 0) is 0 Å². The lowest BCUT2D eigenvalue weighted by Gasteiger charge is -2.30. The highest BCUT2D eigenvalue weighted by atomic mass is 35.5. The molecule has 0 saturated heterocycles. The van der Waals surface area contributed by atoms with Gasteiger partial charge in [-0.2, -0.15) is 29.9 Å². The zero-order chi connectivity index (χ0) is 90.8. The van der Waals surface area contributed by atoms with E-state index in [4.69, 9.17) is 46.0 Å². The molecule has 0 aliphatic heterocycles. The maximum absolute atomic E-state index is 13.3. The van der Waals surface area contributed by atoms with Crippen molar-refractivity contribution in [1.82, 2.24) is 89.7 Å². The molecule has 12 aromatic heterocycles. The van der Waals surface area contributed by atoms with Gasteiger partial charge in [0.25, 0.3) is 0 Å². The van der Waals surface area contributed by atoms with Gasteiger partial charge in [0.2, 0.25) is 35.7 Å². The second-order valence-corrected chi connectivity index (χ2v) is 33.5. The van der Waals surface area contributed by atoms with Crippen molar-refractivity contribution in [3.8, 4) is 0 Å². The van der Waals surface area contributed by atoms with Crippen LogP contribution in [0.1, 0.15) is 258 Å². The van der Waals surface area contributed by atoms with Crippen LogP contribution in [0.25, 0.3) is 66.2 Å². The van der Waals surface area contributed by atoms with E-state index in [2.05, 4.69) is 219 Å². The smallest absolute Gasteiger partial charge is 0.222 e. The topological polar surface area (TPSA) is 501 Å². The van der Waals surface area contributed by atoms with Gasteiger partial charge in [0.15, 0.2) is 34.9 Å². The standard InChI is InChI=1S/C15H22ClN5.C15H22FN5O.C15H22FN5.C15H23N5O.C15H23N5.C14H21N5/c1-4-6-7-15(3,5-2)21-13-12-11(19-14(17)20-13)8-10(16)9-18-12;1-3-4-5-6-15(2,9-22)21-13-12-11(19-14(17)20-13)7-10(16)8-18-12;1-4-6-7-15(3,5-2)21-13-12-11(19-14(17)20-13)8-10(16)9-18-12;1-3-4-5-8-15(2,10-21)20-13-12-11(7-6-9-17-12)18-14(16)19-13;1-4-6-9-15(3,5-2)20-13-12-11(8-7-10-17-12)18-14(16)19-13;1-4-8-14(3,5-2)19-12-11-10(7-6-9-16-11)17-13(15)18-12/h8-9H,4-7H2,1-3H3,(H3,17,19,20,21);7-8,22H,3-6,9H2,1-2H3,(H3,17,19,20,21);8-9H,4-7H2,1-3H3,(H3,17,19,20,21);6-7,9,21H,3-5,8,10H2,1-2H3,(H3,16,18,19,20);7-8,10H,4-6,9H2,1-3H3,(H3,16,18,19,20);6-7,9H,4-5,8H2,1-3H3,(H3,15,17,18,19)/t5*15-;14-/m101010/s1. The summed E-state index contributed by atoms with van der Waals surface area (Å²) in [5, 5.41) is 40.4. The fourth-order valence-corrected chi connectivity index (χ4v) is 13.8. The Kier molecular flexibility index (Phi) is 38.2. The van der Waals surface area contributed by atoms with Crippen LogP contribution >= 0.6 is 11.6 Å². The molecule has 0 aliphatic rings. The van der Waals surface area contributed by atoms with Gasteiger partial charge in [0.1, 0.15) is 44.7 Å². The van der Waals surface area contributed by atoms with Gasteiger partial charge in [0.05, 0.1) is 74.8 Å². The van der Waals surface area contributed by atoms with E-state index in [-0.39, 0.29) is 71.1 Å². The number of aromatic nitrogens is 18. The van der Waals surface area contributed by atoms with Gasteiger partial charge in [-0.15, -0.1) is 0 Å². The summed E-state index contributed by atoms with van der Waals surface area (Å²) in [6, 6.07) is 15.5. The Morgan fingerprint density at radius 3 is 0.806 bits per heavy atom. The first kappa shape index (κ1) is 99.7. The van der Waals surface area contributed by atoms with E-state index in [1.54, 1.807) is 30.9 Å². The number of aliphatic hydroxyl groups is 2. The van der Waals surface area contributed by atoms with Crippen LogP contribution in [0.15, 0.2) is 91.8 Å². The molecular weight excluding hydrogens is 1590 g/mol. The van der Waals surface area contributed by atoms with Gasteiger partial charge in [-0.05, 0) is 148 Å². The highest BCUT2D eigenvalue weighted by Gasteiger charge is 2.30. The SMILES string of the molecule is CCCCC[C@@](C)(CO)Nc1nc(N)nc2cc(F)cnc12.CCCCC[C@@](C)(CO)Nc1nc(N)nc2cccnc12.CCCC[C@@](C)(CC)Nc1nc(N)nc2cc(Cl)cnc12.CCCC[C@@](C)(CC)Nc1nc(N)nc2cc(F)cnc12.CCCC[C@@](C)(CC)Nc1nc(N)nc2cccnc12.CCC[C@](C)(CC)Nc1nc(N)nc2cccnc12. The van der Waals surface area contributed by atoms with Gasteiger partial charge in [-0.3, -0.25) is 15.0 Å². The van der Waals surface area contributed by atoms with Gasteiger partial charge in [-0.1, -0.05) is 164 Å². The third-order valence-corrected chi connectivity index (χ3v) is 22.2. The summed E-state index contributed by atoms with van der Waals surface area (Å²) in [4.78, 5) is 76.0. The molecule has 0 amide bonds. The number of nitrogens with zero attached hydrogens (tertiary/aromatic N) is 18. The average Bonchev–Trinajstić information content (AvgIpc) is 0.799. The van der Waals surface area contributed by atoms with Crippen molar-refractivity contribution in [2.24, 2.45) is 0 Å². The number of nitrogen functional groups attached to an aromatic ring is 6. The zero-order valence-corrected chi connectivity index (χ0v) is 76.1. The summed E-state index contributed by atoms with van der Waals surface area (Å²) in [6.45, 7) is 34.3. The second-order valence-electron chi connectivity index (χ2n) is 33.1. The van der Waals surface area contributed by atoms with Crippen molar-refractivity contribution in [2.45, 2.75) is 292 Å². The summed E-state index contributed by atoms with van der Waals surface area (Å²) in [7, 11) is 0. The van der Waals surface area contributed by atoms with Crippen molar-refractivity contribution in [2.75, 3.05) is 79.5 Å². The number of aliphatic hydroxyl groups excluding tert-OH is 2. The highest BCUT2D eigenvalue weighted by Crippen LogP contribution is 2.35. The molecule has 12 heterocycles. The fourth-order valence-electron chi connectivity index (χ4n) is 13.7. The number of anilines is 12. The maximum atomic E-state index is 13.3. The van der Waals surface area contributed by atoms with Crippen LogP contribution in [0.2, 0.25) is 5.02 Å². The summed E-state index contributed by atoms with van der Waals surface area (Å²) < 4.78 is 26.6. The number of unbranched alkanes of at least 4 members (excludes halogenated alkanes) is 7. The van der Waals surface area contributed by atoms with E-state index in [0.29, 0.717) is 72.4 Å². The number of nitrogens with one attached hydrogen (secondary N) is 6. The quantitative estimate of drug-likeness (QED) is 0.0161. The number of hydrogen-bond acceptors (Lipinski definition) is 32.